The zero-order chi connectivity index (χ0) is 13.7. The molecule has 1 fully saturated rings. The Hall–Kier alpha value is -1.59. The number of hydrogen-bond acceptors (Lipinski definition) is 4. The third kappa shape index (κ3) is 3.24. The fourth-order valence-electron chi connectivity index (χ4n) is 2.26. The lowest BCUT2D eigenvalue weighted by Crippen LogP contribution is -2.43. The zero-order valence-electron chi connectivity index (χ0n) is 11.2. The van der Waals surface area contributed by atoms with E-state index >= 15 is 0 Å². The van der Waals surface area contributed by atoms with Gasteiger partial charge in [0.05, 0.1) is 13.1 Å². The van der Waals surface area contributed by atoms with Crippen molar-refractivity contribution >= 4 is 5.91 Å². The number of likely N-dealkylation sites (tertiary alicyclic amines) is 1. The van der Waals surface area contributed by atoms with Gasteiger partial charge in [0.25, 0.3) is 0 Å². The van der Waals surface area contributed by atoms with Gasteiger partial charge in [-0.3, -0.25) is 4.79 Å². The monoisotopic (exact) mass is 264 g/mol. The minimum atomic E-state index is -0.430. The van der Waals surface area contributed by atoms with Crippen LogP contribution in [0.3, 0.4) is 0 Å². The number of nitrogens with two attached hydrogens (primary N) is 1. The van der Waals surface area contributed by atoms with Crippen molar-refractivity contribution in [3.63, 3.8) is 0 Å². The maximum Gasteiger partial charge on any atom is 0.236 e. The largest absolute Gasteiger partial charge is 0.491 e. The van der Waals surface area contributed by atoms with Crippen molar-refractivity contribution in [3.8, 4) is 5.75 Å². The maximum atomic E-state index is 11.6. The summed E-state index contributed by atoms with van der Waals surface area (Å²) in [5.74, 6) is 0.765. The molecule has 1 heterocycles. The summed E-state index contributed by atoms with van der Waals surface area (Å²) in [5, 5.41) is 0. The molecule has 5 nitrogen and oxygen atoms in total. The molecule has 2 rings (SSSR count). The maximum absolute atomic E-state index is 11.6. The summed E-state index contributed by atoms with van der Waals surface area (Å²) in [5.41, 5.74) is 4.95. The van der Waals surface area contributed by atoms with E-state index in [1.807, 2.05) is 30.3 Å². The van der Waals surface area contributed by atoms with Crippen LogP contribution < -0.4 is 10.5 Å². The number of nitrogens with zero attached hydrogens (tertiary/aromatic N) is 1. The van der Waals surface area contributed by atoms with Crippen LogP contribution in [0.2, 0.25) is 0 Å². The molecule has 1 amide bonds. The summed E-state index contributed by atoms with van der Waals surface area (Å²) in [6, 6.07) is 9.60. The Morgan fingerprint density at radius 3 is 2.79 bits per heavy atom. The van der Waals surface area contributed by atoms with Gasteiger partial charge in [-0.1, -0.05) is 18.2 Å². The number of amides is 1. The fraction of sp³-hybridized carbons (Fsp3) is 0.500. The second kappa shape index (κ2) is 6.04. The lowest BCUT2D eigenvalue weighted by Gasteiger charge is -2.27. The van der Waals surface area contributed by atoms with Gasteiger partial charge >= 0.3 is 0 Å². The number of ether oxygens (including phenoxy) is 2. The van der Waals surface area contributed by atoms with Crippen LogP contribution in [-0.4, -0.2) is 49.8 Å². The Kier molecular flexibility index (Phi) is 4.39. The van der Waals surface area contributed by atoms with Gasteiger partial charge in [0.2, 0.25) is 5.91 Å². The number of para-hydroxylation sites is 1. The summed E-state index contributed by atoms with van der Waals surface area (Å²) < 4.78 is 11.3. The van der Waals surface area contributed by atoms with Crippen molar-refractivity contribution in [2.24, 2.45) is 5.73 Å². The predicted molar refractivity (Wildman–Crippen MR) is 71.9 cm³/mol. The molecule has 5 heteroatoms. The van der Waals surface area contributed by atoms with Gasteiger partial charge in [-0.05, 0) is 18.6 Å². The van der Waals surface area contributed by atoms with E-state index < -0.39 is 5.60 Å². The lowest BCUT2D eigenvalue weighted by molar-refractivity contribution is -0.130. The molecule has 1 unspecified atom stereocenters. The standard InChI is InChI=1S/C14H20N2O3/c1-18-14(7-8-16(10-14)13(17)9-15)11-19-12-5-3-2-4-6-12/h2-6H,7-11,15H2,1H3. The topological polar surface area (TPSA) is 64.8 Å². The van der Waals surface area contributed by atoms with Crippen LogP contribution in [0.25, 0.3) is 0 Å². The molecule has 104 valence electrons. The first-order chi connectivity index (χ1) is 9.19. The first-order valence-corrected chi connectivity index (χ1v) is 6.40. The first kappa shape index (κ1) is 13.8. The van der Waals surface area contributed by atoms with Crippen LogP contribution in [0.5, 0.6) is 5.75 Å². The van der Waals surface area contributed by atoms with E-state index in [0.29, 0.717) is 19.7 Å². The smallest absolute Gasteiger partial charge is 0.236 e. The molecule has 19 heavy (non-hydrogen) atoms. The molecule has 1 aromatic carbocycles. The molecule has 1 saturated heterocycles. The second-order valence-electron chi connectivity index (χ2n) is 4.76. The molecular weight excluding hydrogens is 244 g/mol. The Morgan fingerprint density at radius 1 is 1.42 bits per heavy atom. The molecule has 0 saturated carbocycles. The van der Waals surface area contributed by atoms with Crippen LogP contribution in [0.15, 0.2) is 30.3 Å². The molecular formula is C14H20N2O3. The first-order valence-electron chi connectivity index (χ1n) is 6.40. The van der Waals surface area contributed by atoms with Crippen molar-refractivity contribution in [2.45, 2.75) is 12.0 Å². The highest BCUT2D eigenvalue weighted by Crippen LogP contribution is 2.26. The average Bonchev–Trinajstić information content (AvgIpc) is 2.91. The molecule has 0 radical (unpaired) electrons. The average molecular weight is 264 g/mol. The van der Waals surface area contributed by atoms with Crippen molar-refractivity contribution in [3.05, 3.63) is 30.3 Å². The molecule has 0 spiro atoms. The van der Waals surface area contributed by atoms with Crippen LogP contribution in [0.1, 0.15) is 6.42 Å². The minimum Gasteiger partial charge on any atom is -0.491 e. The molecule has 1 atom stereocenters. The number of hydrogen-bond donors (Lipinski definition) is 1. The summed E-state index contributed by atoms with van der Waals surface area (Å²) in [6.07, 6.45) is 0.766. The Labute approximate surface area is 113 Å². The molecule has 0 bridgehead atoms. The third-order valence-electron chi connectivity index (χ3n) is 3.52. The van der Waals surface area contributed by atoms with Gasteiger partial charge in [-0.2, -0.15) is 0 Å². The van der Waals surface area contributed by atoms with Crippen molar-refractivity contribution in [1.82, 2.24) is 4.90 Å². The fourth-order valence-corrected chi connectivity index (χ4v) is 2.26. The highest BCUT2D eigenvalue weighted by Gasteiger charge is 2.40. The lowest BCUT2D eigenvalue weighted by atomic mass is 10.0. The number of carbonyl (C=O) groups is 1. The van der Waals surface area contributed by atoms with Gasteiger partial charge in [0.1, 0.15) is 18.0 Å². The van der Waals surface area contributed by atoms with Gasteiger partial charge in [-0.25, -0.2) is 0 Å². The molecule has 2 N–H and O–H groups in total. The van der Waals surface area contributed by atoms with Crippen LogP contribution in [0.4, 0.5) is 0 Å². The van der Waals surface area contributed by atoms with Gasteiger partial charge in [0, 0.05) is 13.7 Å². The second-order valence-corrected chi connectivity index (χ2v) is 4.76. The number of methoxy groups -OCH3 is 1. The van der Waals surface area contributed by atoms with E-state index in [4.69, 9.17) is 15.2 Å². The van der Waals surface area contributed by atoms with Gasteiger partial charge < -0.3 is 20.1 Å². The molecule has 1 aliphatic heterocycles. The quantitative estimate of drug-likeness (QED) is 0.847. The van der Waals surface area contributed by atoms with Crippen molar-refractivity contribution in [1.29, 1.82) is 0 Å². The number of carbonyl (C=O) groups excluding carboxylic acids is 1. The molecule has 1 aromatic rings. The van der Waals surface area contributed by atoms with Crippen molar-refractivity contribution < 1.29 is 14.3 Å². The van der Waals surface area contributed by atoms with Gasteiger partial charge in [-0.15, -0.1) is 0 Å². The van der Waals surface area contributed by atoms with E-state index in [1.54, 1.807) is 12.0 Å². The zero-order valence-corrected chi connectivity index (χ0v) is 11.2. The van der Waals surface area contributed by atoms with E-state index in [9.17, 15) is 4.79 Å². The minimum absolute atomic E-state index is 0.0410. The molecule has 0 aliphatic carbocycles. The van der Waals surface area contributed by atoms with Crippen molar-refractivity contribution in [2.75, 3.05) is 33.4 Å². The molecule has 0 aromatic heterocycles. The number of rotatable bonds is 5. The van der Waals surface area contributed by atoms with Crippen LogP contribution >= 0.6 is 0 Å². The highest BCUT2D eigenvalue weighted by atomic mass is 16.5. The highest BCUT2D eigenvalue weighted by molar-refractivity contribution is 5.78. The van der Waals surface area contributed by atoms with Crippen LogP contribution in [0, 0.1) is 0 Å². The van der Waals surface area contributed by atoms with E-state index in [2.05, 4.69) is 0 Å². The van der Waals surface area contributed by atoms with Gasteiger partial charge in [0.15, 0.2) is 0 Å². The number of benzene rings is 1. The third-order valence-corrected chi connectivity index (χ3v) is 3.52. The Bertz CT molecular complexity index is 424. The van der Waals surface area contributed by atoms with E-state index in [-0.39, 0.29) is 12.5 Å². The summed E-state index contributed by atoms with van der Waals surface area (Å²) >= 11 is 0. The Balaban J connectivity index is 1.95. The summed E-state index contributed by atoms with van der Waals surface area (Å²) in [7, 11) is 1.66. The van der Waals surface area contributed by atoms with E-state index in [0.717, 1.165) is 12.2 Å². The normalized spacial score (nSPS) is 22.5. The molecule has 1 aliphatic rings. The Morgan fingerprint density at radius 2 is 2.16 bits per heavy atom. The van der Waals surface area contributed by atoms with E-state index in [1.165, 1.54) is 0 Å². The summed E-state index contributed by atoms with van der Waals surface area (Å²) in [4.78, 5) is 13.3. The predicted octanol–water partition coefficient (Wildman–Crippen LogP) is 0.642. The van der Waals surface area contributed by atoms with Crippen LogP contribution in [-0.2, 0) is 9.53 Å². The summed E-state index contributed by atoms with van der Waals surface area (Å²) in [6.45, 7) is 1.68. The SMILES string of the molecule is COC1(COc2ccccc2)CCN(C(=O)CN)C1.